The van der Waals surface area contributed by atoms with Crippen LogP contribution in [0.4, 0.5) is 0 Å². The van der Waals surface area contributed by atoms with E-state index in [9.17, 15) is 5.11 Å². The SMILES string of the molecule is Oc1ccc(-c2noc([C@H]3CCCN3)n2)cc1. The van der Waals surface area contributed by atoms with Crippen LogP contribution in [0.25, 0.3) is 11.4 Å². The Kier molecular flexibility index (Phi) is 2.53. The molecule has 0 radical (unpaired) electrons. The molecule has 3 rings (SSSR count). The van der Waals surface area contributed by atoms with Crippen LogP contribution < -0.4 is 5.32 Å². The molecule has 1 aromatic heterocycles. The molecular formula is C12H13N3O2. The highest BCUT2D eigenvalue weighted by atomic mass is 16.5. The second kappa shape index (κ2) is 4.18. The van der Waals surface area contributed by atoms with Crippen molar-refractivity contribution in [3.63, 3.8) is 0 Å². The largest absolute Gasteiger partial charge is 0.508 e. The van der Waals surface area contributed by atoms with Crippen LogP contribution in [0.1, 0.15) is 24.8 Å². The third kappa shape index (κ3) is 2.01. The van der Waals surface area contributed by atoms with Crippen molar-refractivity contribution in [2.45, 2.75) is 18.9 Å². The molecule has 0 bridgehead atoms. The standard InChI is InChI=1S/C12H13N3O2/c16-9-5-3-8(4-6-9)11-14-12(17-15-11)10-2-1-7-13-10/h3-6,10,13,16H,1-2,7H2/t10-/m1/s1. The monoisotopic (exact) mass is 231 g/mol. The fourth-order valence-corrected chi connectivity index (χ4v) is 2.00. The molecule has 5 heteroatoms. The number of nitrogens with one attached hydrogen (secondary N) is 1. The first-order valence-electron chi connectivity index (χ1n) is 5.69. The van der Waals surface area contributed by atoms with Crippen molar-refractivity contribution in [2.75, 3.05) is 6.54 Å². The smallest absolute Gasteiger partial charge is 0.244 e. The van der Waals surface area contributed by atoms with E-state index in [1.165, 1.54) is 0 Å². The molecule has 88 valence electrons. The number of hydrogen-bond donors (Lipinski definition) is 2. The van der Waals surface area contributed by atoms with Gasteiger partial charge in [0, 0.05) is 5.56 Å². The van der Waals surface area contributed by atoms with E-state index in [1.807, 2.05) is 0 Å². The summed E-state index contributed by atoms with van der Waals surface area (Å²) in [5, 5.41) is 16.5. The maximum atomic E-state index is 9.21. The average molecular weight is 231 g/mol. The van der Waals surface area contributed by atoms with Crippen molar-refractivity contribution in [2.24, 2.45) is 0 Å². The van der Waals surface area contributed by atoms with Crippen LogP contribution in [0.15, 0.2) is 28.8 Å². The van der Waals surface area contributed by atoms with Crippen molar-refractivity contribution >= 4 is 0 Å². The Morgan fingerprint density at radius 2 is 2.12 bits per heavy atom. The molecule has 1 fully saturated rings. The fraction of sp³-hybridized carbons (Fsp3) is 0.333. The van der Waals surface area contributed by atoms with Gasteiger partial charge in [0.25, 0.3) is 0 Å². The predicted molar refractivity (Wildman–Crippen MR) is 61.4 cm³/mol. The Morgan fingerprint density at radius 1 is 1.29 bits per heavy atom. The van der Waals surface area contributed by atoms with Gasteiger partial charge in [0.2, 0.25) is 11.7 Å². The first-order valence-corrected chi connectivity index (χ1v) is 5.69. The highest BCUT2D eigenvalue weighted by molar-refractivity contribution is 5.55. The molecule has 2 heterocycles. The van der Waals surface area contributed by atoms with Crippen LogP contribution in [-0.4, -0.2) is 21.8 Å². The van der Waals surface area contributed by atoms with Gasteiger partial charge in [-0.3, -0.25) is 0 Å². The molecule has 2 aromatic rings. The zero-order valence-electron chi connectivity index (χ0n) is 9.26. The lowest BCUT2D eigenvalue weighted by molar-refractivity contribution is 0.345. The number of phenols is 1. The van der Waals surface area contributed by atoms with E-state index in [2.05, 4.69) is 15.5 Å². The molecule has 0 saturated carbocycles. The van der Waals surface area contributed by atoms with Gasteiger partial charge in [-0.2, -0.15) is 4.98 Å². The van der Waals surface area contributed by atoms with Gasteiger partial charge in [-0.15, -0.1) is 0 Å². The molecule has 17 heavy (non-hydrogen) atoms. The van der Waals surface area contributed by atoms with Crippen molar-refractivity contribution in [1.82, 2.24) is 15.5 Å². The highest BCUT2D eigenvalue weighted by Crippen LogP contribution is 2.24. The molecule has 1 saturated heterocycles. The summed E-state index contributed by atoms with van der Waals surface area (Å²) in [6.45, 7) is 1.00. The van der Waals surface area contributed by atoms with Gasteiger partial charge < -0.3 is 14.9 Å². The van der Waals surface area contributed by atoms with Gasteiger partial charge in [0.1, 0.15) is 5.75 Å². The summed E-state index contributed by atoms with van der Waals surface area (Å²) in [7, 11) is 0. The van der Waals surface area contributed by atoms with Gasteiger partial charge in [-0.1, -0.05) is 5.16 Å². The minimum atomic E-state index is 0.188. The van der Waals surface area contributed by atoms with E-state index >= 15 is 0 Å². The number of rotatable bonds is 2. The number of aromatic hydroxyl groups is 1. The van der Waals surface area contributed by atoms with E-state index in [0.717, 1.165) is 24.9 Å². The topological polar surface area (TPSA) is 71.2 Å². The third-order valence-corrected chi connectivity index (χ3v) is 2.93. The Hall–Kier alpha value is -1.88. The molecule has 1 aliphatic heterocycles. The number of nitrogens with zero attached hydrogens (tertiary/aromatic N) is 2. The summed E-state index contributed by atoms with van der Waals surface area (Å²) in [5.74, 6) is 1.44. The van der Waals surface area contributed by atoms with E-state index in [1.54, 1.807) is 24.3 Å². The molecule has 5 nitrogen and oxygen atoms in total. The minimum absolute atomic E-state index is 0.188. The second-order valence-corrected chi connectivity index (χ2v) is 4.15. The van der Waals surface area contributed by atoms with E-state index < -0.39 is 0 Å². The Morgan fingerprint density at radius 3 is 2.82 bits per heavy atom. The van der Waals surface area contributed by atoms with Crippen molar-refractivity contribution in [3.05, 3.63) is 30.2 Å². The van der Waals surface area contributed by atoms with E-state index in [-0.39, 0.29) is 11.8 Å². The van der Waals surface area contributed by atoms with Crippen LogP contribution in [0, 0.1) is 0 Å². The lowest BCUT2D eigenvalue weighted by Gasteiger charge is -2.01. The van der Waals surface area contributed by atoms with Gasteiger partial charge in [-0.05, 0) is 43.7 Å². The first-order chi connectivity index (χ1) is 8.33. The summed E-state index contributed by atoms with van der Waals surface area (Å²) >= 11 is 0. The Balaban J connectivity index is 1.86. The van der Waals surface area contributed by atoms with Crippen molar-refractivity contribution in [1.29, 1.82) is 0 Å². The number of aromatic nitrogens is 2. The van der Waals surface area contributed by atoms with Crippen LogP contribution in [0.5, 0.6) is 5.75 Å². The quantitative estimate of drug-likeness (QED) is 0.825. The predicted octanol–water partition coefficient (Wildman–Crippen LogP) is 1.87. The number of benzene rings is 1. The lowest BCUT2D eigenvalue weighted by atomic mass is 10.2. The molecule has 0 unspecified atom stereocenters. The van der Waals surface area contributed by atoms with E-state index in [0.29, 0.717) is 11.7 Å². The molecular weight excluding hydrogens is 218 g/mol. The Labute approximate surface area is 98.5 Å². The maximum absolute atomic E-state index is 9.21. The van der Waals surface area contributed by atoms with Crippen molar-refractivity contribution < 1.29 is 9.63 Å². The average Bonchev–Trinajstić information content (AvgIpc) is 3.00. The zero-order valence-corrected chi connectivity index (χ0v) is 9.26. The van der Waals surface area contributed by atoms with Crippen LogP contribution in [0.2, 0.25) is 0 Å². The maximum Gasteiger partial charge on any atom is 0.244 e. The van der Waals surface area contributed by atoms with Gasteiger partial charge >= 0.3 is 0 Å². The van der Waals surface area contributed by atoms with Crippen molar-refractivity contribution in [3.8, 4) is 17.1 Å². The number of hydrogen-bond acceptors (Lipinski definition) is 5. The van der Waals surface area contributed by atoms with Crippen LogP contribution in [0.3, 0.4) is 0 Å². The van der Waals surface area contributed by atoms with Gasteiger partial charge in [-0.25, -0.2) is 0 Å². The Bertz CT molecular complexity index is 501. The molecule has 1 atom stereocenters. The molecule has 0 amide bonds. The van der Waals surface area contributed by atoms with Gasteiger partial charge in [0.15, 0.2) is 0 Å². The summed E-state index contributed by atoms with van der Waals surface area (Å²) in [6, 6.07) is 6.95. The zero-order chi connectivity index (χ0) is 11.7. The van der Waals surface area contributed by atoms with E-state index in [4.69, 9.17) is 4.52 Å². The molecule has 1 aliphatic rings. The lowest BCUT2D eigenvalue weighted by Crippen LogP contribution is -2.12. The number of phenolic OH excluding ortho intramolecular Hbond substituents is 1. The molecule has 1 aromatic carbocycles. The normalized spacial score (nSPS) is 19.6. The fourth-order valence-electron chi connectivity index (χ4n) is 2.00. The molecule has 2 N–H and O–H groups in total. The summed E-state index contributed by atoms with van der Waals surface area (Å²) < 4.78 is 5.25. The summed E-state index contributed by atoms with van der Waals surface area (Å²) in [6.07, 6.45) is 2.18. The van der Waals surface area contributed by atoms with Crippen LogP contribution >= 0.6 is 0 Å². The second-order valence-electron chi connectivity index (χ2n) is 4.15. The molecule has 0 aliphatic carbocycles. The van der Waals surface area contributed by atoms with Crippen LogP contribution in [-0.2, 0) is 0 Å². The molecule has 0 spiro atoms. The minimum Gasteiger partial charge on any atom is -0.508 e. The summed E-state index contributed by atoms with van der Waals surface area (Å²) in [5.41, 5.74) is 0.843. The first kappa shape index (κ1) is 10.3. The van der Waals surface area contributed by atoms with Gasteiger partial charge in [0.05, 0.1) is 6.04 Å². The highest BCUT2D eigenvalue weighted by Gasteiger charge is 2.22. The summed E-state index contributed by atoms with van der Waals surface area (Å²) in [4.78, 5) is 4.37. The third-order valence-electron chi connectivity index (χ3n) is 2.93.